The smallest absolute Gasteiger partial charge is 0.261 e. The number of carbonyl (C=O) groups excluding carboxylic acids is 1. The van der Waals surface area contributed by atoms with Crippen LogP contribution in [0.1, 0.15) is 41.1 Å². The first-order valence-electron chi connectivity index (χ1n) is 9.57. The second kappa shape index (κ2) is 8.67. The highest BCUT2D eigenvalue weighted by Crippen LogP contribution is 2.42. The van der Waals surface area contributed by atoms with Crippen molar-refractivity contribution in [2.24, 2.45) is 0 Å². The third-order valence-corrected chi connectivity index (χ3v) is 5.90. The predicted molar refractivity (Wildman–Crippen MR) is 108 cm³/mol. The molecule has 0 atom stereocenters. The Morgan fingerprint density at radius 1 is 1.25 bits per heavy atom. The highest BCUT2D eigenvalue weighted by molar-refractivity contribution is 7.17. The fourth-order valence-electron chi connectivity index (χ4n) is 3.39. The number of fused-ring (bicyclic) bond motifs is 1. The zero-order valence-electron chi connectivity index (χ0n) is 15.9. The SMILES string of the molecule is Cc1noc(-c2c(NC(=O)CCCCc3ccccc3)sc3c2CCOC3)n1. The number of unbranched alkanes of at least 4 members (excludes halogenated alkanes) is 1. The standard InChI is InChI=1S/C21H23N3O3S/c1-14-22-20(27-24-14)19-16-11-12-26-13-17(16)28-21(19)23-18(25)10-6-5-9-15-7-3-2-4-8-15/h2-4,7-8H,5-6,9-13H2,1H3,(H,23,25). The Hall–Kier alpha value is -2.51. The summed E-state index contributed by atoms with van der Waals surface area (Å²) in [6.45, 7) is 3.02. The van der Waals surface area contributed by atoms with Crippen molar-refractivity contribution in [2.45, 2.75) is 45.6 Å². The molecule has 0 unspecified atom stereocenters. The number of thiophene rings is 1. The highest BCUT2D eigenvalue weighted by atomic mass is 32.1. The molecule has 0 aliphatic carbocycles. The Morgan fingerprint density at radius 2 is 2.11 bits per heavy atom. The molecule has 28 heavy (non-hydrogen) atoms. The molecule has 0 saturated heterocycles. The van der Waals surface area contributed by atoms with E-state index < -0.39 is 0 Å². The molecule has 6 nitrogen and oxygen atoms in total. The molecular formula is C21H23N3O3S. The van der Waals surface area contributed by atoms with Gasteiger partial charge in [-0.05, 0) is 43.7 Å². The molecule has 0 radical (unpaired) electrons. The van der Waals surface area contributed by atoms with Crippen LogP contribution >= 0.6 is 11.3 Å². The van der Waals surface area contributed by atoms with E-state index >= 15 is 0 Å². The molecule has 3 aromatic rings. The molecule has 0 saturated carbocycles. The summed E-state index contributed by atoms with van der Waals surface area (Å²) in [5.74, 6) is 1.07. The molecule has 4 rings (SSSR count). The molecular weight excluding hydrogens is 374 g/mol. The summed E-state index contributed by atoms with van der Waals surface area (Å²) in [4.78, 5) is 18.0. The summed E-state index contributed by atoms with van der Waals surface area (Å²) in [6.07, 6.45) is 4.11. The van der Waals surface area contributed by atoms with Crippen molar-refractivity contribution in [2.75, 3.05) is 11.9 Å². The fourth-order valence-corrected chi connectivity index (χ4v) is 4.59. The number of rotatable bonds is 7. The van der Waals surface area contributed by atoms with Gasteiger partial charge in [0.1, 0.15) is 5.00 Å². The van der Waals surface area contributed by atoms with Crippen LogP contribution in [0.25, 0.3) is 11.5 Å². The van der Waals surface area contributed by atoms with Gasteiger partial charge in [0.25, 0.3) is 5.89 Å². The van der Waals surface area contributed by atoms with Crippen LogP contribution in [0.4, 0.5) is 5.00 Å². The molecule has 1 N–H and O–H groups in total. The van der Waals surface area contributed by atoms with E-state index in [0.29, 0.717) is 31.3 Å². The van der Waals surface area contributed by atoms with E-state index in [1.165, 1.54) is 5.56 Å². The predicted octanol–water partition coefficient (Wildman–Crippen LogP) is 4.53. The summed E-state index contributed by atoms with van der Waals surface area (Å²) in [7, 11) is 0. The van der Waals surface area contributed by atoms with Crippen LogP contribution in [-0.2, 0) is 29.0 Å². The third kappa shape index (κ3) is 4.31. The number of carbonyl (C=O) groups is 1. The van der Waals surface area contributed by atoms with Crippen molar-refractivity contribution in [3.8, 4) is 11.5 Å². The lowest BCUT2D eigenvalue weighted by Gasteiger charge is -2.12. The second-order valence-electron chi connectivity index (χ2n) is 6.90. The van der Waals surface area contributed by atoms with E-state index in [1.807, 2.05) is 18.2 Å². The lowest BCUT2D eigenvalue weighted by Crippen LogP contribution is -2.11. The maximum atomic E-state index is 12.5. The summed E-state index contributed by atoms with van der Waals surface area (Å²) in [5.41, 5.74) is 3.32. The average Bonchev–Trinajstić information content (AvgIpc) is 3.28. The van der Waals surface area contributed by atoms with E-state index in [1.54, 1.807) is 18.3 Å². The first-order valence-corrected chi connectivity index (χ1v) is 10.4. The number of benzene rings is 1. The Labute approximate surface area is 167 Å². The van der Waals surface area contributed by atoms with Crippen molar-refractivity contribution >= 4 is 22.2 Å². The Kier molecular flexibility index (Phi) is 5.83. The van der Waals surface area contributed by atoms with Crippen LogP contribution in [0, 0.1) is 6.92 Å². The van der Waals surface area contributed by atoms with Crippen LogP contribution in [0.2, 0.25) is 0 Å². The normalized spacial score (nSPS) is 13.3. The molecule has 3 heterocycles. The highest BCUT2D eigenvalue weighted by Gasteiger charge is 2.26. The van der Waals surface area contributed by atoms with E-state index in [9.17, 15) is 4.79 Å². The summed E-state index contributed by atoms with van der Waals surface area (Å²) in [5, 5.41) is 7.76. The van der Waals surface area contributed by atoms with Gasteiger partial charge in [-0.15, -0.1) is 11.3 Å². The molecule has 1 aliphatic heterocycles. The number of hydrogen-bond donors (Lipinski definition) is 1. The van der Waals surface area contributed by atoms with Gasteiger partial charge in [-0.1, -0.05) is 35.5 Å². The number of anilines is 1. The van der Waals surface area contributed by atoms with Gasteiger partial charge in [0.2, 0.25) is 5.91 Å². The van der Waals surface area contributed by atoms with Crippen molar-refractivity contribution in [1.82, 2.24) is 10.1 Å². The van der Waals surface area contributed by atoms with Crippen LogP contribution in [0.3, 0.4) is 0 Å². The minimum atomic E-state index is 0.0186. The number of aromatic nitrogens is 2. The minimum Gasteiger partial charge on any atom is -0.376 e. The monoisotopic (exact) mass is 397 g/mol. The van der Waals surface area contributed by atoms with Crippen LogP contribution in [-0.4, -0.2) is 22.7 Å². The average molecular weight is 398 g/mol. The van der Waals surface area contributed by atoms with Crippen molar-refractivity contribution < 1.29 is 14.1 Å². The van der Waals surface area contributed by atoms with Gasteiger partial charge in [0.15, 0.2) is 5.82 Å². The zero-order valence-corrected chi connectivity index (χ0v) is 16.7. The number of nitrogens with one attached hydrogen (secondary N) is 1. The van der Waals surface area contributed by atoms with E-state index in [-0.39, 0.29) is 5.91 Å². The quantitative estimate of drug-likeness (QED) is 0.593. The summed E-state index contributed by atoms with van der Waals surface area (Å²) in [6, 6.07) is 10.4. The lowest BCUT2D eigenvalue weighted by molar-refractivity contribution is -0.116. The number of nitrogens with zero attached hydrogens (tertiary/aromatic N) is 2. The second-order valence-corrected chi connectivity index (χ2v) is 8.00. The number of ether oxygens (including phenoxy) is 1. The maximum Gasteiger partial charge on any atom is 0.261 e. The topological polar surface area (TPSA) is 77.2 Å². The van der Waals surface area contributed by atoms with Gasteiger partial charge in [-0.3, -0.25) is 4.79 Å². The van der Waals surface area contributed by atoms with Gasteiger partial charge in [0, 0.05) is 11.3 Å². The minimum absolute atomic E-state index is 0.0186. The summed E-state index contributed by atoms with van der Waals surface area (Å²) < 4.78 is 11.0. The maximum absolute atomic E-state index is 12.5. The van der Waals surface area contributed by atoms with E-state index in [2.05, 4.69) is 27.6 Å². The molecule has 7 heteroatoms. The zero-order chi connectivity index (χ0) is 19.3. The van der Waals surface area contributed by atoms with E-state index in [0.717, 1.165) is 46.7 Å². The molecule has 0 bridgehead atoms. The van der Waals surface area contributed by atoms with Crippen LogP contribution in [0.5, 0.6) is 0 Å². The fraction of sp³-hybridized carbons (Fsp3) is 0.381. The molecule has 2 aromatic heterocycles. The summed E-state index contributed by atoms with van der Waals surface area (Å²) >= 11 is 1.55. The number of aryl methyl sites for hydroxylation is 2. The molecule has 0 spiro atoms. The molecule has 0 fully saturated rings. The molecule has 1 amide bonds. The molecule has 1 aromatic carbocycles. The van der Waals surface area contributed by atoms with Gasteiger partial charge in [-0.2, -0.15) is 4.98 Å². The number of hydrogen-bond acceptors (Lipinski definition) is 6. The van der Waals surface area contributed by atoms with Gasteiger partial charge >= 0.3 is 0 Å². The molecule has 1 aliphatic rings. The number of amides is 1. The third-order valence-electron chi connectivity index (χ3n) is 4.78. The first kappa shape index (κ1) is 18.8. The lowest BCUT2D eigenvalue weighted by atomic mass is 10.1. The van der Waals surface area contributed by atoms with Gasteiger partial charge < -0.3 is 14.6 Å². The van der Waals surface area contributed by atoms with Gasteiger partial charge in [-0.25, -0.2) is 0 Å². The van der Waals surface area contributed by atoms with Crippen LogP contribution < -0.4 is 5.32 Å². The van der Waals surface area contributed by atoms with Gasteiger partial charge in [0.05, 0.1) is 18.8 Å². The van der Waals surface area contributed by atoms with Crippen molar-refractivity contribution in [3.05, 3.63) is 52.2 Å². The van der Waals surface area contributed by atoms with E-state index in [4.69, 9.17) is 9.26 Å². The molecule has 146 valence electrons. The van der Waals surface area contributed by atoms with Crippen LogP contribution in [0.15, 0.2) is 34.9 Å². The van der Waals surface area contributed by atoms with Crippen molar-refractivity contribution in [3.63, 3.8) is 0 Å². The van der Waals surface area contributed by atoms with Crippen molar-refractivity contribution in [1.29, 1.82) is 0 Å². The Balaban J connectivity index is 1.41. The Morgan fingerprint density at radius 3 is 2.89 bits per heavy atom. The Bertz CT molecular complexity index is 949. The first-order chi connectivity index (χ1) is 13.7. The largest absolute Gasteiger partial charge is 0.376 e.